The summed E-state index contributed by atoms with van der Waals surface area (Å²) in [6, 6.07) is 10.5. The van der Waals surface area contributed by atoms with E-state index >= 15 is 0 Å². The van der Waals surface area contributed by atoms with Crippen molar-refractivity contribution >= 4 is 11.7 Å². The summed E-state index contributed by atoms with van der Waals surface area (Å²) in [7, 11) is 0. The summed E-state index contributed by atoms with van der Waals surface area (Å²) in [6.45, 7) is 4.42. The summed E-state index contributed by atoms with van der Waals surface area (Å²) < 4.78 is 0. The molecule has 0 saturated carbocycles. The van der Waals surface area contributed by atoms with E-state index in [2.05, 4.69) is 39.5 Å². The Morgan fingerprint density at radius 2 is 1.81 bits per heavy atom. The maximum atomic E-state index is 12.7. The van der Waals surface area contributed by atoms with Crippen molar-refractivity contribution in [2.45, 2.75) is 32.2 Å². The second kappa shape index (κ2) is 7.87. The first-order valence-electron chi connectivity index (χ1n) is 9.57. The van der Waals surface area contributed by atoms with Crippen LogP contribution >= 0.6 is 0 Å². The Kier molecular flexibility index (Phi) is 5.16. The minimum atomic E-state index is 0.0220. The van der Waals surface area contributed by atoms with Crippen molar-refractivity contribution in [1.82, 2.24) is 14.8 Å². The molecule has 26 heavy (non-hydrogen) atoms. The molecule has 1 fully saturated rings. The highest BCUT2D eigenvalue weighted by atomic mass is 16.2. The number of amides is 2. The Bertz CT molecular complexity index is 762. The van der Waals surface area contributed by atoms with Crippen molar-refractivity contribution < 1.29 is 4.79 Å². The van der Waals surface area contributed by atoms with Gasteiger partial charge in [-0.1, -0.05) is 6.07 Å². The van der Waals surface area contributed by atoms with Gasteiger partial charge in [-0.3, -0.25) is 9.88 Å². The predicted octanol–water partition coefficient (Wildman–Crippen LogP) is 3.31. The van der Waals surface area contributed by atoms with Crippen LogP contribution in [0.4, 0.5) is 10.5 Å². The van der Waals surface area contributed by atoms with Crippen LogP contribution in [0.5, 0.6) is 0 Å². The molecular formula is C21H26N4O. The van der Waals surface area contributed by atoms with Crippen LogP contribution in [-0.2, 0) is 19.4 Å². The molecule has 0 spiro atoms. The standard InChI is InChI=1S/C21H26N4O/c26-21(23-20-6-5-18-3-1-4-19(18)15-20)25-12-2-11-24(13-14-25)16-17-7-9-22-10-8-17/h5-10,15H,1-4,11-14,16H2,(H,23,26). The molecule has 0 bridgehead atoms. The van der Waals surface area contributed by atoms with Crippen LogP contribution in [0.1, 0.15) is 29.5 Å². The number of fused-ring (bicyclic) bond motifs is 1. The lowest BCUT2D eigenvalue weighted by atomic mass is 10.1. The van der Waals surface area contributed by atoms with Gasteiger partial charge in [0, 0.05) is 50.8 Å². The summed E-state index contributed by atoms with van der Waals surface area (Å²) in [5, 5.41) is 3.09. The van der Waals surface area contributed by atoms with Gasteiger partial charge >= 0.3 is 6.03 Å². The number of carbonyl (C=O) groups excluding carboxylic acids is 1. The number of nitrogens with one attached hydrogen (secondary N) is 1. The zero-order valence-corrected chi connectivity index (χ0v) is 15.2. The Morgan fingerprint density at radius 3 is 2.69 bits per heavy atom. The van der Waals surface area contributed by atoms with Crippen molar-refractivity contribution in [3.05, 3.63) is 59.4 Å². The second-order valence-electron chi connectivity index (χ2n) is 7.24. The summed E-state index contributed by atoms with van der Waals surface area (Å²) in [5.74, 6) is 0. The number of hydrogen-bond acceptors (Lipinski definition) is 3. The fraction of sp³-hybridized carbons (Fsp3) is 0.429. The lowest BCUT2D eigenvalue weighted by molar-refractivity contribution is 0.211. The summed E-state index contributed by atoms with van der Waals surface area (Å²) in [4.78, 5) is 21.1. The van der Waals surface area contributed by atoms with E-state index in [-0.39, 0.29) is 6.03 Å². The Hall–Kier alpha value is -2.40. The first-order chi connectivity index (χ1) is 12.8. The van der Waals surface area contributed by atoms with Crippen LogP contribution in [0.25, 0.3) is 0 Å². The summed E-state index contributed by atoms with van der Waals surface area (Å²) >= 11 is 0. The first kappa shape index (κ1) is 17.0. The molecule has 1 aromatic carbocycles. The van der Waals surface area contributed by atoms with Crippen LogP contribution < -0.4 is 5.32 Å². The van der Waals surface area contributed by atoms with Crippen LogP contribution in [0, 0.1) is 0 Å². The molecule has 2 heterocycles. The van der Waals surface area contributed by atoms with Crippen LogP contribution in [0.2, 0.25) is 0 Å². The highest BCUT2D eigenvalue weighted by molar-refractivity contribution is 5.89. The molecule has 136 valence electrons. The van der Waals surface area contributed by atoms with Crippen molar-refractivity contribution in [3.63, 3.8) is 0 Å². The lowest BCUT2D eigenvalue weighted by Gasteiger charge is -2.22. The largest absolute Gasteiger partial charge is 0.323 e. The molecule has 1 N–H and O–H groups in total. The van der Waals surface area contributed by atoms with Crippen LogP contribution in [0.15, 0.2) is 42.7 Å². The molecule has 0 atom stereocenters. The Labute approximate surface area is 155 Å². The van der Waals surface area contributed by atoms with Crippen molar-refractivity contribution in [2.75, 3.05) is 31.5 Å². The SMILES string of the molecule is O=C(Nc1ccc2c(c1)CCC2)N1CCCN(Cc2ccncc2)CC1. The van der Waals surface area contributed by atoms with E-state index in [1.807, 2.05) is 23.4 Å². The molecule has 5 heteroatoms. The normalized spacial score (nSPS) is 17.6. The number of nitrogens with zero attached hydrogens (tertiary/aromatic N) is 3. The third kappa shape index (κ3) is 4.05. The van der Waals surface area contributed by atoms with Gasteiger partial charge in [0.25, 0.3) is 0 Å². The number of urea groups is 1. The van der Waals surface area contributed by atoms with Gasteiger partial charge in [-0.2, -0.15) is 0 Å². The van der Waals surface area contributed by atoms with Gasteiger partial charge in [0.05, 0.1) is 0 Å². The molecule has 0 radical (unpaired) electrons. The quantitative estimate of drug-likeness (QED) is 0.924. The van der Waals surface area contributed by atoms with E-state index in [0.717, 1.165) is 51.3 Å². The van der Waals surface area contributed by atoms with E-state index < -0.39 is 0 Å². The van der Waals surface area contributed by atoms with E-state index in [1.165, 1.54) is 29.5 Å². The van der Waals surface area contributed by atoms with Gasteiger partial charge in [0.2, 0.25) is 0 Å². The van der Waals surface area contributed by atoms with Gasteiger partial charge in [-0.25, -0.2) is 4.79 Å². The van der Waals surface area contributed by atoms with Gasteiger partial charge in [-0.15, -0.1) is 0 Å². The molecule has 2 amide bonds. The van der Waals surface area contributed by atoms with Crippen LogP contribution in [0.3, 0.4) is 0 Å². The molecule has 0 unspecified atom stereocenters. The third-order valence-electron chi connectivity index (χ3n) is 5.38. The van der Waals surface area contributed by atoms with E-state index in [0.29, 0.717) is 0 Å². The molecular weight excluding hydrogens is 324 g/mol. The Morgan fingerprint density at radius 1 is 0.962 bits per heavy atom. The maximum absolute atomic E-state index is 12.7. The van der Waals surface area contributed by atoms with Crippen molar-refractivity contribution in [3.8, 4) is 0 Å². The number of aryl methyl sites for hydroxylation is 2. The fourth-order valence-electron chi connectivity index (χ4n) is 3.93. The van der Waals surface area contributed by atoms with E-state index in [9.17, 15) is 4.79 Å². The number of anilines is 1. The summed E-state index contributed by atoms with van der Waals surface area (Å²) in [6.07, 6.45) is 8.21. The summed E-state index contributed by atoms with van der Waals surface area (Å²) in [5.41, 5.74) is 5.02. The monoisotopic (exact) mass is 350 g/mol. The average Bonchev–Trinajstić information content (AvgIpc) is 3.00. The second-order valence-corrected chi connectivity index (χ2v) is 7.24. The minimum absolute atomic E-state index is 0.0220. The number of aromatic nitrogens is 1. The molecule has 1 aliphatic carbocycles. The van der Waals surface area contributed by atoms with Gasteiger partial charge in [0.1, 0.15) is 0 Å². The zero-order chi connectivity index (χ0) is 17.8. The number of rotatable bonds is 3. The fourth-order valence-corrected chi connectivity index (χ4v) is 3.93. The molecule has 1 saturated heterocycles. The number of hydrogen-bond donors (Lipinski definition) is 1. The van der Waals surface area contributed by atoms with Crippen molar-refractivity contribution in [2.24, 2.45) is 0 Å². The highest BCUT2D eigenvalue weighted by Gasteiger charge is 2.20. The van der Waals surface area contributed by atoms with E-state index in [1.54, 1.807) is 0 Å². The predicted molar refractivity (Wildman–Crippen MR) is 103 cm³/mol. The zero-order valence-electron chi connectivity index (χ0n) is 15.2. The molecule has 1 aliphatic heterocycles. The van der Waals surface area contributed by atoms with Crippen LogP contribution in [-0.4, -0.2) is 47.0 Å². The van der Waals surface area contributed by atoms with Gasteiger partial charge < -0.3 is 10.2 Å². The minimum Gasteiger partial charge on any atom is -0.323 e. The molecule has 4 rings (SSSR count). The molecule has 2 aromatic rings. The van der Waals surface area contributed by atoms with Gasteiger partial charge in [-0.05, 0) is 66.6 Å². The smallest absolute Gasteiger partial charge is 0.321 e. The number of benzene rings is 1. The highest BCUT2D eigenvalue weighted by Crippen LogP contribution is 2.25. The lowest BCUT2D eigenvalue weighted by Crippen LogP contribution is -2.38. The molecule has 2 aliphatic rings. The van der Waals surface area contributed by atoms with E-state index in [4.69, 9.17) is 0 Å². The topological polar surface area (TPSA) is 48.5 Å². The van der Waals surface area contributed by atoms with Gasteiger partial charge in [0.15, 0.2) is 0 Å². The van der Waals surface area contributed by atoms with Crippen molar-refractivity contribution in [1.29, 1.82) is 0 Å². The molecule has 1 aromatic heterocycles. The maximum Gasteiger partial charge on any atom is 0.321 e. The molecule has 5 nitrogen and oxygen atoms in total. The average molecular weight is 350 g/mol. The first-order valence-corrected chi connectivity index (χ1v) is 9.57. The number of pyridine rings is 1. The third-order valence-corrected chi connectivity index (χ3v) is 5.38. The number of carbonyl (C=O) groups is 1. The Balaban J connectivity index is 1.32.